The van der Waals surface area contributed by atoms with E-state index >= 15 is 0 Å². The Bertz CT molecular complexity index is 379. The van der Waals surface area contributed by atoms with E-state index < -0.39 is 7.14 Å². The van der Waals surface area contributed by atoms with Crippen molar-refractivity contribution < 1.29 is 4.57 Å². The molecule has 0 N–H and O–H groups in total. The first kappa shape index (κ1) is 12.9. The van der Waals surface area contributed by atoms with Crippen molar-refractivity contribution in [3.05, 3.63) is 35.9 Å². The number of benzene rings is 1. The monoisotopic (exact) mass is 250 g/mol. The van der Waals surface area contributed by atoms with Gasteiger partial charge in [-0.05, 0) is 31.5 Å². The minimum Gasteiger partial charge on any atom is -0.324 e. The van der Waals surface area contributed by atoms with Gasteiger partial charge in [0.05, 0.1) is 7.14 Å². The van der Waals surface area contributed by atoms with Crippen molar-refractivity contribution >= 4 is 7.14 Å². The predicted molar refractivity (Wildman–Crippen MR) is 75.4 cm³/mol. The van der Waals surface area contributed by atoms with Gasteiger partial charge in [0.25, 0.3) is 0 Å². The van der Waals surface area contributed by atoms with Crippen LogP contribution >= 0.6 is 7.14 Å². The van der Waals surface area contributed by atoms with Crippen molar-refractivity contribution in [1.82, 2.24) is 0 Å². The van der Waals surface area contributed by atoms with Crippen molar-refractivity contribution in [2.75, 3.05) is 12.8 Å². The first-order valence-corrected chi connectivity index (χ1v) is 9.19. The highest BCUT2D eigenvalue weighted by molar-refractivity contribution is 7.63. The zero-order chi connectivity index (χ0) is 12.1. The Morgan fingerprint density at radius 3 is 2.41 bits per heavy atom. The van der Waals surface area contributed by atoms with E-state index in [9.17, 15) is 4.57 Å². The molecular weight excluding hydrogens is 227 g/mol. The lowest BCUT2D eigenvalue weighted by molar-refractivity contribution is 0.484. The summed E-state index contributed by atoms with van der Waals surface area (Å²) in [6, 6.07) is 10.4. The lowest BCUT2D eigenvalue weighted by atomic mass is 10.0. The Morgan fingerprint density at radius 1 is 1.12 bits per heavy atom. The van der Waals surface area contributed by atoms with Gasteiger partial charge in [0.15, 0.2) is 0 Å². The summed E-state index contributed by atoms with van der Waals surface area (Å²) in [4.78, 5) is 0. The third kappa shape index (κ3) is 3.71. The van der Waals surface area contributed by atoms with Gasteiger partial charge in [0.1, 0.15) is 0 Å². The minimum absolute atomic E-state index is 0.514. The number of hydrogen-bond donors (Lipinski definition) is 0. The second-order valence-corrected chi connectivity index (χ2v) is 8.95. The van der Waals surface area contributed by atoms with E-state index in [2.05, 4.69) is 24.3 Å². The first-order chi connectivity index (χ1) is 8.18. The third-order valence-electron chi connectivity index (χ3n) is 4.03. The molecule has 94 valence electrons. The van der Waals surface area contributed by atoms with E-state index in [-0.39, 0.29) is 0 Å². The summed E-state index contributed by atoms with van der Waals surface area (Å²) < 4.78 is 12.7. The van der Waals surface area contributed by atoms with E-state index in [4.69, 9.17) is 0 Å². The van der Waals surface area contributed by atoms with E-state index in [1.54, 1.807) is 0 Å². The fourth-order valence-corrected chi connectivity index (χ4v) is 5.33. The molecule has 0 bridgehead atoms. The summed E-state index contributed by atoms with van der Waals surface area (Å²) in [5, 5.41) is 0. The lowest BCUT2D eigenvalue weighted by Crippen LogP contribution is -2.15. The minimum atomic E-state index is -1.93. The fourth-order valence-electron chi connectivity index (χ4n) is 2.81. The molecule has 0 radical (unpaired) electrons. The van der Waals surface area contributed by atoms with Crippen molar-refractivity contribution in [2.24, 2.45) is 0 Å². The maximum Gasteiger partial charge on any atom is 0.0880 e. The van der Waals surface area contributed by atoms with Gasteiger partial charge in [-0.25, -0.2) is 0 Å². The van der Waals surface area contributed by atoms with Gasteiger partial charge in [-0.15, -0.1) is 0 Å². The molecule has 1 aromatic carbocycles. The Hall–Kier alpha value is -0.550. The summed E-state index contributed by atoms with van der Waals surface area (Å²) in [6.45, 7) is 2.03. The smallest absolute Gasteiger partial charge is 0.0880 e. The molecule has 2 heteroatoms. The summed E-state index contributed by atoms with van der Waals surface area (Å²) in [6.07, 6.45) is 8.18. The highest BCUT2D eigenvalue weighted by Crippen LogP contribution is 2.52. The highest BCUT2D eigenvalue weighted by Gasteiger charge is 2.28. The molecule has 1 saturated carbocycles. The Labute approximate surface area is 105 Å². The van der Waals surface area contributed by atoms with Gasteiger partial charge < -0.3 is 4.57 Å². The second-order valence-electron chi connectivity index (χ2n) is 5.43. The average molecular weight is 250 g/mol. The molecule has 0 amide bonds. The Balaban J connectivity index is 1.90. The van der Waals surface area contributed by atoms with Crippen LogP contribution in [0.5, 0.6) is 0 Å². The third-order valence-corrected chi connectivity index (χ3v) is 7.21. The SMILES string of the molecule is CP(=O)(CCc1ccccc1)C1CCCCC1. The van der Waals surface area contributed by atoms with Crippen molar-refractivity contribution in [3.8, 4) is 0 Å². The zero-order valence-corrected chi connectivity index (χ0v) is 11.7. The number of hydrogen-bond acceptors (Lipinski definition) is 1. The molecule has 1 aromatic rings. The normalized spacial score (nSPS) is 21.0. The van der Waals surface area contributed by atoms with Gasteiger partial charge in [0, 0.05) is 11.8 Å². The van der Waals surface area contributed by atoms with Crippen LogP contribution in [0.15, 0.2) is 30.3 Å². The molecule has 1 aliphatic carbocycles. The molecular formula is C15H23OP. The zero-order valence-electron chi connectivity index (χ0n) is 10.8. The van der Waals surface area contributed by atoms with Crippen LogP contribution in [0.2, 0.25) is 0 Å². The van der Waals surface area contributed by atoms with Gasteiger partial charge in [0.2, 0.25) is 0 Å². The maximum absolute atomic E-state index is 12.7. The van der Waals surface area contributed by atoms with Crippen LogP contribution < -0.4 is 0 Å². The molecule has 1 nitrogen and oxygen atoms in total. The molecule has 1 aliphatic rings. The van der Waals surface area contributed by atoms with Crippen LogP contribution in [-0.4, -0.2) is 18.5 Å². The molecule has 1 atom stereocenters. The largest absolute Gasteiger partial charge is 0.324 e. The summed E-state index contributed by atoms with van der Waals surface area (Å²) >= 11 is 0. The highest BCUT2D eigenvalue weighted by atomic mass is 31.2. The second kappa shape index (κ2) is 5.87. The van der Waals surface area contributed by atoms with E-state index in [1.807, 2.05) is 12.7 Å². The van der Waals surface area contributed by atoms with Crippen LogP contribution in [0.4, 0.5) is 0 Å². The molecule has 0 aliphatic heterocycles. The number of aryl methyl sites for hydroxylation is 1. The molecule has 0 heterocycles. The summed E-state index contributed by atoms with van der Waals surface area (Å²) in [5.41, 5.74) is 1.84. The molecule has 0 aromatic heterocycles. The van der Waals surface area contributed by atoms with Crippen molar-refractivity contribution in [3.63, 3.8) is 0 Å². The molecule has 17 heavy (non-hydrogen) atoms. The maximum atomic E-state index is 12.7. The van der Waals surface area contributed by atoms with Crippen LogP contribution in [0.1, 0.15) is 37.7 Å². The standard InChI is InChI=1S/C15H23OP/c1-17(16,15-10-6-3-7-11-15)13-12-14-8-4-2-5-9-14/h2,4-5,8-9,15H,3,6-7,10-13H2,1H3. The summed E-state index contributed by atoms with van der Waals surface area (Å²) in [5.74, 6) is 0. The van der Waals surface area contributed by atoms with E-state index in [1.165, 1.54) is 37.7 Å². The van der Waals surface area contributed by atoms with Crippen molar-refractivity contribution in [2.45, 2.75) is 44.2 Å². The lowest BCUT2D eigenvalue weighted by Gasteiger charge is -2.28. The Kier molecular flexibility index (Phi) is 4.45. The Morgan fingerprint density at radius 2 is 1.76 bits per heavy atom. The molecule has 0 spiro atoms. The molecule has 2 rings (SSSR count). The molecule has 1 fully saturated rings. The van der Waals surface area contributed by atoms with E-state index in [0.717, 1.165) is 12.6 Å². The topological polar surface area (TPSA) is 17.1 Å². The van der Waals surface area contributed by atoms with E-state index in [0.29, 0.717) is 5.66 Å². The average Bonchev–Trinajstić information content (AvgIpc) is 2.39. The number of rotatable bonds is 4. The molecule has 1 unspecified atom stereocenters. The van der Waals surface area contributed by atoms with Gasteiger partial charge in [-0.2, -0.15) is 0 Å². The summed E-state index contributed by atoms with van der Waals surface area (Å²) in [7, 11) is -1.93. The predicted octanol–water partition coefficient (Wildman–Crippen LogP) is 4.55. The van der Waals surface area contributed by atoms with Gasteiger partial charge >= 0.3 is 0 Å². The van der Waals surface area contributed by atoms with Gasteiger partial charge in [-0.1, -0.05) is 49.6 Å². The van der Waals surface area contributed by atoms with Crippen LogP contribution in [0, 0.1) is 0 Å². The molecule has 0 saturated heterocycles. The fraction of sp³-hybridized carbons (Fsp3) is 0.600. The first-order valence-electron chi connectivity index (χ1n) is 6.78. The van der Waals surface area contributed by atoms with Gasteiger partial charge in [-0.3, -0.25) is 0 Å². The quantitative estimate of drug-likeness (QED) is 0.716. The van der Waals surface area contributed by atoms with Crippen molar-refractivity contribution in [1.29, 1.82) is 0 Å². The van der Waals surface area contributed by atoms with Crippen LogP contribution in [0.25, 0.3) is 0 Å². The van der Waals surface area contributed by atoms with Crippen LogP contribution in [-0.2, 0) is 11.0 Å². The van der Waals surface area contributed by atoms with Crippen LogP contribution in [0.3, 0.4) is 0 Å².